The van der Waals surface area contributed by atoms with Gasteiger partial charge in [0.05, 0.1) is 18.1 Å². The van der Waals surface area contributed by atoms with Gasteiger partial charge in [0, 0.05) is 6.07 Å². The van der Waals surface area contributed by atoms with E-state index in [0.29, 0.717) is 11.6 Å². The first-order valence-corrected chi connectivity index (χ1v) is 4.43. The Morgan fingerprint density at radius 1 is 1.60 bits per heavy atom. The average Bonchev–Trinajstić information content (AvgIpc) is 2.57. The molecular weight excluding hydrogens is 196 g/mol. The highest BCUT2D eigenvalue weighted by atomic mass is 16.5. The monoisotopic (exact) mass is 206 g/mol. The predicted octanol–water partition coefficient (Wildman–Crippen LogP) is 1.20. The number of aliphatic carboxylic acids is 1. The number of nitrogens with one attached hydrogen (secondary N) is 1. The van der Waals surface area contributed by atoms with E-state index in [0.717, 1.165) is 11.0 Å². The normalized spacial score (nSPS) is 10.5. The first kappa shape index (κ1) is 9.51. The first-order valence-electron chi connectivity index (χ1n) is 4.43. The zero-order chi connectivity index (χ0) is 10.8. The van der Waals surface area contributed by atoms with Gasteiger partial charge in [-0.3, -0.25) is 4.79 Å². The zero-order valence-corrected chi connectivity index (χ0v) is 8.15. The molecule has 15 heavy (non-hydrogen) atoms. The van der Waals surface area contributed by atoms with Crippen molar-refractivity contribution >= 4 is 17.0 Å². The van der Waals surface area contributed by atoms with Crippen LogP contribution in [0.3, 0.4) is 0 Å². The molecule has 0 atom stereocenters. The van der Waals surface area contributed by atoms with Crippen LogP contribution in [0, 0.1) is 0 Å². The third kappa shape index (κ3) is 1.90. The summed E-state index contributed by atoms with van der Waals surface area (Å²) in [6.07, 6.45) is -0.100. The second kappa shape index (κ2) is 3.61. The largest absolute Gasteiger partial charge is 0.497 e. The molecule has 2 N–H and O–H groups in total. The maximum atomic E-state index is 10.5. The van der Waals surface area contributed by atoms with E-state index < -0.39 is 5.97 Å². The van der Waals surface area contributed by atoms with Crippen molar-refractivity contribution in [3.05, 3.63) is 24.0 Å². The zero-order valence-electron chi connectivity index (χ0n) is 8.15. The maximum Gasteiger partial charge on any atom is 0.311 e. The smallest absolute Gasteiger partial charge is 0.311 e. The number of nitrogens with zero attached hydrogens (tertiary/aromatic N) is 1. The molecule has 5 nitrogen and oxygen atoms in total. The van der Waals surface area contributed by atoms with Crippen LogP contribution in [0.15, 0.2) is 18.2 Å². The molecule has 0 unspecified atom stereocenters. The Kier molecular flexibility index (Phi) is 2.29. The van der Waals surface area contributed by atoms with Gasteiger partial charge in [-0.25, -0.2) is 4.98 Å². The topological polar surface area (TPSA) is 75.2 Å². The van der Waals surface area contributed by atoms with Crippen LogP contribution in [0.25, 0.3) is 11.0 Å². The number of carboxylic acids is 1. The van der Waals surface area contributed by atoms with Crippen LogP contribution >= 0.6 is 0 Å². The van der Waals surface area contributed by atoms with Crippen LogP contribution in [-0.2, 0) is 11.2 Å². The summed E-state index contributed by atoms with van der Waals surface area (Å²) in [5, 5.41) is 8.61. The molecule has 2 aromatic rings. The fourth-order valence-electron chi connectivity index (χ4n) is 1.40. The third-order valence-electron chi connectivity index (χ3n) is 2.06. The minimum absolute atomic E-state index is 0.100. The first-order chi connectivity index (χ1) is 7.19. The molecule has 0 saturated carbocycles. The van der Waals surface area contributed by atoms with E-state index in [1.54, 1.807) is 25.3 Å². The number of imidazole rings is 1. The van der Waals surface area contributed by atoms with Gasteiger partial charge in [0.1, 0.15) is 18.0 Å². The van der Waals surface area contributed by atoms with E-state index >= 15 is 0 Å². The van der Waals surface area contributed by atoms with Gasteiger partial charge in [0.2, 0.25) is 0 Å². The number of aromatic nitrogens is 2. The minimum atomic E-state index is -0.902. The van der Waals surface area contributed by atoms with E-state index in [-0.39, 0.29) is 6.42 Å². The van der Waals surface area contributed by atoms with Gasteiger partial charge in [-0.2, -0.15) is 0 Å². The lowest BCUT2D eigenvalue weighted by Gasteiger charge is -1.96. The molecule has 2 rings (SSSR count). The van der Waals surface area contributed by atoms with Crippen molar-refractivity contribution < 1.29 is 14.6 Å². The number of carbonyl (C=O) groups is 1. The van der Waals surface area contributed by atoms with Gasteiger partial charge in [0.25, 0.3) is 0 Å². The molecule has 0 aliphatic rings. The molecule has 0 bridgehead atoms. The van der Waals surface area contributed by atoms with Crippen molar-refractivity contribution in [1.29, 1.82) is 0 Å². The Labute approximate surface area is 85.7 Å². The quantitative estimate of drug-likeness (QED) is 0.791. The van der Waals surface area contributed by atoms with Crippen molar-refractivity contribution in [2.75, 3.05) is 7.11 Å². The summed E-state index contributed by atoms with van der Waals surface area (Å²) in [4.78, 5) is 17.5. The number of hydrogen-bond donors (Lipinski definition) is 2. The highest BCUT2D eigenvalue weighted by Crippen LogP contribution is 2.18. The van der Waals surface area contributed by atoms with Crippen molar-refractivity contribution in [1.82, 2.24) is 9.97 Å². The summed E-state index contributed by atoms with van der Waals surface area (Å²) in [5.41, 5.74) is 1.53. The molecule has 1 aromatic heterocycles. The van der Waals surface area contributed by atoms with Crippen LogP contribution in [0.5, 0.6) is 5.75 Å². The third-order valence-corrected chi connectivity index (χ3v) is 2.06. The van der Waals surface area contributed by atoms with E-state index in [4.69, 9.17) is 9.84 Å². The Hall–Kier alpha value is -2.04. The number of methoxy groups -OCH3 is 1. The summed E-state index contributed by atoms with van der Waals surface area (Å²) in [5.74, 6) is 0.264. The molecule has 0 amide bonds. The number of fused-ring (bicyclic) bond motifs is 1. The lowest BCUT2D eigenvalue weighted by atomic mass is 10.3. The van der Waals surface area contributed by atoms with Gasteiger partial charge < -0.3 is 14.8 Å². The molecule has 0 saturated heterocycles. The fraction of sp³-hybridized carbons (Fsp3) is 0.200. The Morgan fingerprint density at radius 2 is 2.40 bits per heavy atom. The Morgan fingerprint density at radius 3 is 3.07 bits per heavy atom. The van der Waals surface area contributed by atoms with E-state index in [1.165, 1.54) is 0 Å². The number of hydrogen-bond acceptors (Lipinski definition) is 3. The van der Waals surface area contributed by atoms with Crippen molar-refractivity contribution in [3.63, 3.8) is 0 Å². The molecule has 5 heteroatoms. The van der Waals surface area contributed by atoms with Crippen molar-refractivity contribution in [2.45, 2.75) is 6.42 Å². The molecule has 0 aliphatic heterocycles. The van der Waals surface area contributed by atoms with Crippen LogP contribution in [-0.4, -0.2) is 28.2 Å². The second-order valence-electron chi connectivity index (χ2n) is 3.14. The number of ether oxygens (including phenoxy) is 1. The van der Waals surface area contributed by atoms with E-state index in [1.807, 2.05) is 0 Å². The minimum Gasteiger partial charge on any atom is -0.497 e. The fourth-order valence-corrected chi connectivity index (χ4v) is 1.40. The number of benzene rings is 1. The maximum absolute atomic E-state index is 10.5. The van der Waals surface area contributed by atoms with Crippen LogP contribution in [0.2, 0.25) is 0 Å². The van der Waals surface area contributed by atoms with Gasteiger partial charge in [-0.05, 0) is 12.1 Å². The molecule has 1 heterocycles. The van der Waals surface area contributed by atoms with Crippen LogP contribution in [0.4, 0.5) is 0 Å². The van der Waals surface area contributed by atoms with Crippen molar-refractivity contribution in [2.24, 2.45) is 0 Å². The highest BCUT2D eigenvalue weighted by Gasteiger charge is 2.06. The molecule has 0 fully saturated rings. The van der Waals surface area contributed by atoms with E-state index in [2.05, 4.69) is 9.97 Å². The van der Waals surface area contributed by atoms with Gasteiger partial charge in [-0.1, -0.05) is 0 Å². The molecule has 0 aliphatic carbocycles. The number of rotatable bonds is 3. The highest BCUT2D eigenvalue weighted by molar-refractivity contribution is 5.78. The standard InChI is InChI=1S/C10H10N2O3/c1-15-6-2-3-7-8(4-6)12-9(11-7)5-10(13)14/h2-4H,5H2,1H3,(H,11,12)(H,13,14). The predicted molar refractivity (Wildman–Crippen MR) is 54.0 cm³/mol. The van der Waals surface area contributed by atoms with E-state index in [9.17, 15) is 4.79 Å². The number of H-pyrrole nitrogens is 1. The molecule has 1 aromatic carbocycles. The SMILES string of the molecule is COc1ccc2nc(CC(=O)O)[nH]c2c1. The molecule has 0 radical (unpaired) electrons. The summed E-state index contributed by atoms with van der Waals surface area (Å²) >= 11 is 0. The van der Waals surface area contributed by atoms with Gasteiger partial charge >= 0.3 is 5.97 Å². The van der Waals surface area contributed by atoms with Gasteiger partial charge in [0.15, 0.2) is 0 Å². The summed E-state index contributed by atoms with van der Waals surface area (Å²) in [6, 6.07) is 5.36. The number of aromatic amines is 1. The summed E-state index contributed by atoms with van der Waals surface area (Å²) in [6.45, 7) is 0. The van der Waals surface area contributed by atoms with Crippen molar-refractivity contribution in [3.8, 4) is 5.75 Å². The van der Waals surface area contributed by atoms with Crippen LogP contribution < -0.4 is 4.74 Å². The molecule has 0 spiro atoms. The summed E-state index contributed by atoms with van der Waals surface area (Å²) < 4.78 is 5.05. The average molecular weight is 206 g/mol. The van der Waals surface area contributed by atoms with Crippen LogP contribution in [0.1, 0.15) is 5.82 Å². The number of carboxylic acid groups (broad SMARTS) is 1. The second-order valence-corrected chi connectivity index (χ2v) is 3.14. The lowest BCUT2D eigenvalue weighted by Crippen LogP contribution is -2.01. The lowest BCUT2D eigenvalue weighted by molar-refractivity contribution is -0.136. The van der Waals surface area contributed by atoms with Gasteiger partial charge in [-0.15, -0.1) is 0 Å². The molecular formula is C10H10N2O3. The summed E-state index contributed by atoms with van der Waals surface area (Å²) in [7, 11) is 1.58. The Bertz CT molecular complexity index is 504. The Balaban J connectivity index is 2.42. The molecule has 78 valence electrons.